The van der Waals surface area contributed by atoms with E-state index in [1.54, 1.807) is 31.3 Å². The van der Waals surface area contributed by atoms with Crippen LogP contribution in [0, 0.1) is 11.6 Å². The smallest absolute Gasteiger partial charge is 0.252 e. The number of benzene rings is 1. The van der Waals surface area contributed by atoms with Crippen molar-refractivity contribution in [3.63, 3.8) is 0 Å². The van der Waals surface area contributed by atoms with Gasteiger partial charge in [0.15, 0.2) is 0 Å². The molecule has 0 saturated heterocycles. The minimum absolute atomic E-state index is 0.0771. The zero-order chi connectivity index (χ0) is 15.4. The van der Waals surface area contributed by atoms with Gasteiger partial charge in [0.25, 0.3) is 5.91 Å². The number of nitrogens with zero attached hydrogens (tertiary/aromatic N) is 1. The first-order chi connectivity index (χ1) is 10.0. The van der Waals surface area contributed by atoms with Crippen LogP contribution in [0.4, 0.5) is 14.5 Å². The number of rotatable bonds is 4. The SMILES string of the molecule is CNc1c(F)cc(C(=O)NC(C)c2ccccn2)cc1F. The van der Waals surface area contributed by atoms with E-state index >= 15 is 0 Å². The Morgan fingerprint density at radius 1 is 1.24 bits per heavy atom. The van der Waals surface area contributed by atoms with Crippen LogP contribution in [0.25, 0.3) is 0 Å². The summed E-state index contributed by atoms with van der Waals surface area (Å²) in [6.45, 7) is 1.74. The van der Waals surface area contributed by atoms with Crippen LogP contribution in [0.1, 0.15) is 29.0 Å². The van der Waals surface area contributed by atoms with Gasteiger partial charge in [-0.1, -0.05) is 6.07 Å². The summed E-state index contributed by atoms with van der Waals surface area (Å²) in [5.74, 6) is -2.19. The molecule has 1 heterocycles. The number of hydrogen-bond donors (Lipinski definition) is 2. The molecule has 1 aromatic heterocycles. The van der Waals surface area contributed by atoms with Gasteiger partial charge in [-0.2, -0.15) is 0 Å². The van der Waals surface area contributed by atoms with E-state index < -0.39 is 17.5 Å². The number of anilines is 1. The number of carbonyl (C=O) groups excluding carboxylic acids is 1. The maximum absolute atomic E-state index is 13.6. The largest absolute Gasteiger partial charge is 0.383 e. The molecular weight excluding hydrogens is 276 g/mol. The van der Waals surface area contributed by atoms with E-state index in [1.807, 2.05) is 0 Å². The zero-order valence-corrected chi connectivity index (χ0v) is 11.7. The van der Waals surface area contributed by atoms with Crippen molar-refractivity contribution in [2.24, 2.45) is 0 Å². The van der Waals surface area contributed by atoms with Gasteiger partial charge in [-0.3, -0.25) is 9.78 Å². The van der Waals surface area contributed by atoms with Gasteiger partial charge in [0, 0.05) is 18.8 Å². The van der Waals surface area contributed by atoms with E-state index in [0.29, 0.717) is 5.69 Å². The van der Waals surface area contributed by atoms with Crippen molar-refractivity contribution in [2.75, 3.05) is 12.4 Å². The fraction of sp³-hybridized carbons (Fsp3) is 0.200. The van der Waals surface area contributed by atoms with Crippen LogP contribution in [0.15, 0.2) is 36.5 Å². The monoisotopic (exact) mass is 291 g/mol. The van der Waals surface area contributed by atoms with Crippen molar-refractivity contribution in [3.8, 4) is 0 Å². The quantitative estimate of drug-likeness (QED) is 0.910. The average molecular weight is 291 g/mol. The molecule has 6 heteroatoms. The molecular formula is C15H15F2N3O. The topological polar surface area (TPSA) is 54.0 Å². The highest BCUT2D eigenvalue weighted by Gasteiger charge is 2.16. The summed E-state index contributed by atoms with van der Waals surface area (Å²) in [6.07, 6.45) is 1.61. The zero-order valence-electron chi connectivity index (χ0n) is 11.7. The Morgan fingerprint density at radius 2 is 1.90 bits per heavy atom. The lowest BCUT2D eigenvalue weighted by Crippen LogP contribution is -2.27. The van der Waals surface area contributed by atoms with Crippen molar-refractivity contribution < 1.29 is 13.6 Å². The summed E-state index contributed by atoms with van der Waals surface area (Å²) in [7, 11) is 1.41. The van der Waals surface area contributed by atoms with E-state index in [-0.39, 0.29) is 17.3 Å². The summed E-state index contributed by atoms with van der Waals surface area (Å²) in [5, 5.41) is 5.05. The minimum Gasteiger partial charge on any atom is -0.383 e. The Balaban J connectivity index is 2.18. The maximum Gasteiger partial charge on any atom is 0.252 e. The van der Waals surface area contributed by atoms with Crippen LogP contribution in [-0.2, 0) is 0 Å². The molecule has 21 heavy (non-hydrogen) atoms. The average Bonchev–Trinajstić information content (AvgIpc) is 2.47. The molecule has 0 aliphatic carbocycles. The van der Waals surface area contributed by atoms with Gasteiger partial charge >= 0.3 is 0 Å². The highest BCUT2D eigenvalue weighted by atomic mass is 19.1. The number of nitrogens with one attached hydrogen (secondary N) is 2. The number of aromatic nitrogens is 1. The van der Waals surface area contributed by atoms with Gasteiger partial charge < -0.3 is 10.6 Å². The molecule has 0 aliphatic rings. The lowest BCUT2D eigenvalue weighted by molar-refractivity contribution is 0.0938. The molecule has 4 nitrogen and oxygen atoms in total. The van der Waals surface area contributed by atoms with Crippen LogP contribution in [-0.4, -0.2) is 17.9 Å². The van der Waals surface area contributed by atoms with E-state index in [4.69, 9.17) is 0 Å². The molecule has 0 saturated carbocycles. The first kappa shape index (κ1) is 14.9. The summed E-state index contributed by atoms with van der Waals surface area (Å²) < 4.78 is 27.3. The minimum atomic E-state index is -0.812. The molecule has 0 bridgehead atoms. The Labute approximate surface area is 121 Å². The molecule has 0 fully saturated rings. The molecule has 0 aliphatic heterocycles. The second kappa shape index (κ2) is 6.30. The van der Waals surface area contributed by atoms with Crippen molar-refractivity contribution in [3.05, 3.63) is 59.4 Å². The number of carbonyl (C=O) groups is 1. The first-order valence-electron chi connectivity index (χ1n) is 6.41. The number of hydrogen-bond acceptors (Lipinski definition) is 3. The number of amides is 1. The van der Waals surface area contributed by atoms with Gasteiger partial charge in [-0.15, -0.1) is 0 Å². The van der Waals surface area contributed by atoms with Crippen LogP contribution in [0.2, 0.25) is 0 Å². The first-order valence-corrected chi connectivity index (χ1v) is 6.41. The molecule has 2 N–H and O–H groups in total. The summed E-state index contributed by atoms with van der Waals surface area (Å²) in [5.41, 5.74) is 0.328. The van der Waals surface area contributed by atoms with Crippen LogP contribution < -0.4 is 10.6 Å². The lowest BCUT2D eigenvalue weighted by Gasteiger charge is -2.14. The molecule has 1 atom stereocenters. The highest BCUT2D eigenvalue weighted by molar-refractivity contribution is 5.94. The summed E-state index contributed by atoms with van der Waals surface area (Å²) in [4.78, 5) is 16.2. The predicted octanol–water partition coefficient (Wildman–Crippen LogP) is 2.89. The maximum atomic E-state index is 13.6. The molecule has 1 aromatic carbocycles. The molecule has 0 radical (unpaired) electrons. The number of pyridine rings is 1. The molecule has 2 aromatic rings. The lowest BCUT2D eigenvalue weighted by atomic mass is 10.1. The fourth-order valence-electron chi connectivity index (χ4n) is 1.93. The second-order valence-electron chi connectivity index (χ2n) is 4.51. The Hall–Kier alpha value is -2.50. The third-order valence-corrected chi connectivity index (χ3v) is 3.03. The van der Waals surface area contributed by atoms with E-state index in [9.17, 15) is 13.6 Å². The van der Waals surface area contributed by atoms with Crippen LogP contribution >= 0.6 is 0 Å². The third-order valence-electron chi connectivity index (χ3n) is 3.03. The highest BCUT2D eigenvalue weighted by Crippen LogP contribution is 2.20. The van der Waals surface area contributed by atoms with Crippen molar-refractivity contribution in [2.45, 2.75) is 13.0 Å². The molecule has 2 rings (SSSR count). The summed E-state index contributed by atoms with van der Waals surface area (Å²) in [6, 6.07) is 6.94. The fourth-order valence-corrected chi connectivity index (χ4v) is 1.93. The normalized spacial score (nSPS) is 11.8. The van der Waals surface area contributed by atoms with Crippen LogP contribution in [0.5, 0.6) is 0 Å². The van der Waals surface area contributed by atoms with Crippen LogP contribution in [0.3, 0.4) is 0 Å². The molecule has 0 spiro atoms. The van der Waals surface area contributed by atoms with Gasteiger partial charge in [-0.25, -0.2) is 8.78 Å². The third kappa shape index (κ3) is 3.34. The van der Waals surface area contributed by atoms with Gasteiger partial charge in [0.2, 0.25) is 0 Å². The molecule has 1 unspecified atom stereocenters. The van der Waals surface area contributed by atoms with Gasteiger partial charge in [-0.05, 0) is 31.2 Å². The van der Waals surface area contributed by atoms with Crippen molar-refractivity contribution in [1.29, 1.82) is 0 Å². The van der Waals surface area contributed by atoms with E-state index in [2.05, 4.69) is 15.6 Å². The van der Waals surface area contributed by atoms with Crippen molar-refractivity contribution >= 4 is 11.6 Å². The summed E-state index contributed by atoms with van der Waals surface area (Å²) >= 11 is 0. The predicted molar refractivity (Wildman–Crippen MR) is 76.0 cm³/mol. The molecule has 1 amide bonds. The van der Waals surface area contributed by atoms with Gasteiger partial charge in [0.05, 0.1) is 11.7 Å². The standard InChI is InChI=1S/C15H15F2N3O/c1-9(13-5-3-4-6-19-13)20-15(21)10-7-11(16)14(18-2)12(17)8-10/h3-9,18H,1-2H3,(H,20,21). The Morgan fingerprint density at radius 3 is 2.43 bits per heavy atom. The van der Waals surface area contributed by atoms with E-state index in [1.165, 1.54) is 7.05 Å². The van der Waals surface area contributed by atoms with Gasteiger partial charge in [0.1, 0.15) is 17.3 Å². The second-order valence-corrected chi connectivity index (χ2v) is 4.51. The number of halogens is 2. The Kier molecular flexibility index (Phi) is 4.47. The van der Waals surface area contributed by atoms with Crippen molar-refractivity contribution in [1.82, 2.24) is 10.3 Å². The molecule has 110 valence electrons. The Bertz CT molecular complexity index is 624. The van der Waals surface area contributed by atoms with E-state index in [0.717, 1.165) is 12.1 Å².